The molecule has 3 aromatic rings. The van der Waals surface area contributed by atoms with Gasteiger partial charge in [0.2, 0.25) is 0 Å². The molecule has 1 fully saturated rings. The predicted molar refractivity (Wildman–Crippen MR) is 94.3 cm³/mol. The van der Waals surface area contributed by atoms with Gasteiger partial charge in [-0.1, -0.05) is 47.6 Å². The highest BCUT2D eigenvalue weighted by molar-refractivity contribution is 7.98. The topological polar surface area (TPSA) is 30.7 Å². The van der Waals surface area contributed by atoms with Crippen molar-refractivity contribution in [3.05, 3.63) is 70.8 Å². The van der Waals surface area contributed by atoms with Crippen LogP contribution in [0, 0.1) is 5.82 Å². The largest absolute Gasteiger partial charge is 0.274 e. The summed E-state index contributed by atoms with van der Waals surface area (Å²) in [4.78, 5) is 0. The molecule has 0 atom stereocenters. The van der Waals surface area contributed by atoms with E-state index in [2.05, 4.69) is 14.8 Å². The van der Waals surface area contributed by atoms with Crippen LogP contribution < -0.4 is 0 Å². The molecule has 0 radical (unpaired) electrons. The fourth-order valence-electron chi connectivity index (χ4n) is 2.61. The van der Waals surface area contributed by atoms with Gasteiger partial charge in [-0.15, -0.1) is 10.2 Å². The van der Waals surface area contributed by atoms with Gasteiger partial charge in [-0.05, 0) is 37.1 Å². The minimum atomic E-state index is -0.289. The van der Waals surface area contributed by atoms with Gasteiger partial charge < -0.3 is 0 Å². The molecule has 2 aromatic carbocycles. The van der Waals surface area contributed by atoms with E-state index < -0.39 is 0 Å². The predicted octanol–water partition coefficient (Wildman–Crippen LogP) is 5.23. The van der Waals surface area contributed by atoms with Crippen molar-refractivity contribution >= 4 is 23.4 Å². The fourth-order valence-corrected chi connectivity index (χ4v) is 3.91. The summed E-state index contributed by atoms with van der Waals surface area (Å²) >= 11 is 7.58. The second kappa shape index (κ2) is 6.57. The molecular formula is C18H15ClFN3S. The third-order valence-electron chi connectivity index (χ3n) is 4.02. The Kier molecular flexibility index (Phi) is 4.29. The highest BCUT2D eigenvalue weighted by atomic mass is 35.5. The second-order valence-electron chi connectivity index (χ2n) is 5.77. The lowest BCUT2D eigenvalue weighted by Gasteiger charge is -2.10. The molecule has 0 unspecified atom stereocenters. The van der Waals surface area contributed by atoms with Crippen LogP contribution in [0.2, 0.25) is 5.02 Å². The maximum atomic E-state index is 14.0. The summed E-state index contributed by atoms with van der Waals surface area (Å²) in [5, 5.41) is 9.92. The van der Waals surface area contributed by atoms with Gasteiger partial charge in [-0.25, -0.2) is 4.39 Å². The SMILES string of the molecule is Fc1cccc(Cl)c1CSc1nnc(C2CC2)n1-c1ccccc1. The number of para-hydroxylation sites is 1. The summed E-state index contributed by atoms with van der Waals surface area (Å²) in [7, 11) is 0. The third kappa shape index (κ3) is 3.06. The van der Waals surface area contributed by atoms with Crippen molar-refractivity contribution in [1.29, 1.82) is 0 Å². The first kappa shape index (κ1) is 15.7. The van der Waals surface area contributed by atoms with Crippen molar-refractivity contribution in [2.75, 3.05) is 0 Å². The van der Waals surface area contributed by atoms with Crippen LogP contribution in [0.4, 0.5) is 4.39 Å². The van der Waals surface area contributed by atoms with Crippen LogP contribution in [0.5, 0.6) is 0 Å². The number of hydrogen-bond donors (Lipinski definition) is 0. The van der Waals surface area contributed by atoms with Gasteiger partial charge in [0.15, 0.2) is 5.16 Å². The molecule has 122 valence electrons. The Labute approximate surface area is 148 Å². The number of benzene rings is 2. The van der Waals surface area contributed by atoms with E-state index in [4.69, 9.17) is 11.6 Å². The summed E-state index contributed by atoms with van der Waals surface area (Å²) in [6.45, 7) is 0. The molecule has 1 heterocycles. The van der Waals surface area contributed by atoms with E-state index in [0.717, 1.165) is 29.5 Å². The molecule has 1 saturated carbocycles. The number of thioether (sulfide) groups is 1. The molecule has 0 amide bonds. The molecule has 4 rings (SSSR count). The summed E-state index contributed by atoms with van der Waals surface area (Å²) in [6.07, 6.45) is 2.30. The summed E-state index contributed by atoms with van der Waals surface area (Å²) in [5.41, 5.74) is 1.53. The smallest absolute Gasteiger partial charge is 0.196 e. The van der Waals surface area contributed by atoms with Crippen molar-refractivity contribution < 1.29 is 4.39 Å². The van der Waals surface area contributed by atoms with E-state index in [1.54, 1.807) is 12.1 Å². The average Bonchev–Trinajstić information content (AvgIpc) is 3.35. The highest BCUT2D eigenvalue weighted by Gasteiger charge is 2.31. The van der Waals surface area contributed by atoms with Gasteiger partial charge in [0.1, 0.15) is 11.6 Å². The molecule has 0 bridgehead atoms. The van der Waals surface area contributed by atoms with Crippen molar-refractivity contribution in [3.63, 3.8) is 0 Å². The quantitative estimate of drug-likeness (QED) is 0.584. The molecule has 0 aliphatic heterocycles. The van der Waals surface area contributed by atoms with E-state index in [9.17, 15) is 4.39 Å². The van der Waals surface area contributed by atoms with Crippen LogP contribution in [0.3, 0.4) is 0 Å². The summed E-state index contributed by atoms with van der Waals surface area (Å²) < 4.78 is 16.1. The lowest BCUT2D eigenvalue weighted by Crippen LogP contribution is -2.01. The molecule has 24 heavy (non-hydrogen) atoms. The van der Waals surface area contributed by atoms with Crippen LogP contribution >= 0.6 is 23.4 Å². The van der Waals surface area contributed by atoms with Crippen LogP contribution in [0.25, 0.3) is 5.69 Å². The van der Waals surface area contributed by atoms with Crippen molar-refractivity contribution in [1.82, 2.24) is 14.8 Å². The molecular weight excluding hydrogens is 345 g/mol. The zero-order valence-electron chi connectivity index (χ0n) is 12.8. The summed E-state index contributed by atoms with van der Waals surface area (Å²) in [5.74, 6) is 1.59. The number of halogens is 2. The lowest BCUT2D eigenvalue weighted by molar-refractivity contribution is 0.617. The first-order valence-corrected chi connectivity index (χ1v) is 9.17. The number of aromatic nitrogens is 3. The van der Waals surface area contributed by atoms with Crippen molar-refractivity contribution in [2.45, 2.75) is 29.7 Å². The third-order valence-corrected chi connectivity index (χ3v) is 5.33. The van der Waals surface area contributed by atoms with E-state index in [0.29, 0.717) is 22.3 Å². The molecule has 1 aliphatic rings. The van der Waals surface area contributed by atoms with Gasteiger partial charge in [0.25, 0.3) is 0 Å². The Bertz CT molecular complexity index is 842. The molecule has 0 spiro atoms. The zero-order chi connectivity index (χ0) is 16.5. The van der Waals surface area contributed by atoms with E-state index in [1.165, 1.54) is 17.8 Å². The van der Waals surface area contributed by atoms with Crippen molar-refractivity contribution in [2.24, 2.45) is 0 Å². The number of hydrogen-bond acceptors (Lipinski definition) is 3. The average molecular weight is 360 g/mol. The second-order valence-corrected chi connectivity index (χ2v) is 7.12. The summed E-state index contributed by atoms with van der Waals surface area (Å²) in [6, 6.07) is 14.8. The van der Waals surface area contributed by atoms with Gasteiger partial charge in [0.05, 0.1) is 0 Å². The first-order chi connectivity index (χ1) is 11.7. The normalized spacial score (nSPS) is 14.1. The van der Waals surface area contributed by atoms with Crippen LogP contribution in [-0.2, 0) is 5.75 Å². The van der Waals surface area contributed by atoms with Crippen LogP contribution in [0.15, 0.2) is 53.7 Å². The number of nitrogens with zero attached hydrogens (tertiary/aromatic N) is 3. The Morgan fingerprint density at radius 3 is 2.58 bits per heavy atom. The Hall–Kier alpha value is -1.85. The Morgan fingerprint density at radius 1 is 1.08 bits per heavy atom. The van der Waals surface area contributed by atoms with Gasteiger partial charge in [-0.2, -0.15) is 0 Å². The maximum absolute atomic E-state index is 14.0. The Morgan fingerprint density at radius 2 is 1.88 bits per heavy atom. The molecule has 1 aliphatic carbocycles. The van der Waals surface area contributed by atoms with Crippen molar-refractivity contribution in [3.8, 4) is 5.69 Å². The van der Waals surface area contributed by atoms with Gasteiger partial charge in [-0.3, -0.25) is 4.57 Å². The zero-order valence-corrected chi connectivity index (χ0v) is 14.4. The van der Waals surface area contributed by atoms with Gasteiger partial charge in [0, 0.05) is 27.9 Å². The Balaban J connectivity index is 1.66. The molecule has 0 saturated heterocycles. The number of rotatable bonds is 5. The van der Waals surface area contributed by atoms with Crippen LogP contribution in [-0.4, -0.2) is 14.8 Å². The van der Waals surface area contributed by atoms with E-state index in [-0.39, 0.29) is 5.82 Å². The monoisotopic (exact) mass is 359 g/mol. The van der Waals surface area contributed by atoms with E-state index >= 15 is 0 Å². The lowest BCUT2D eigenvalue weighted by atomic mass is 10.2. The first-order valence-electron chi connectivity index (χ1n) is 7.80. The molecule has 3 nitrogen and oxygen atoms in total. The fraction of sp³-hybridized carbons (Fsp3) is 0.222. The van der Waals surface area contributed by atoms with Crippen LogP contribution in [0.1, 0.15) is 30.1 Å². The molecule has 0 N–H and O–H groups in total. The minimum absolute atomic E-state index is 0.289. The highest BCUT2D eigenvalue weighted by Crippen LogP contribution is 2.41. The maximum Gasteiger partial charge on any atom is 0.196 e. The molecule has 1 aromatic heterocycles. The van der Waals surface area contributed by atoms with E-state index in [1.807, 2.05) is 30.3 Å². The minimum Gasteiger partial charge on any atom is -0.274 e. The van der Waals surface area contributed by atoms with Gasteiger partial charge >= 0.3 is 0 Å². The molecule has 6 heteroatoms. The standard InChI is InChI=1S/C18H15ClFN3S/c19-15-7-4-8-16(20)14(15)11-24-18-22-21-17(12-9-10-12)23(18)13-5-2-1-3-6-13/h1-8,12H,9-11H2.